The van der Waals surface area contributed by atoms with Gasteiger partial charge in [-0.2, -0.15) is 0 Å². The van der Waals surface area contributed by atoms with Crippen molar-refractivity contribution in [3.8, 4) is 0 Å². The van der Waals surface area contributed by atoms with Gasteiger partial charge >= 0.3 is 0 Å². The van der Waals surface area contributed by atoms with Crippen molar-refractivity contribution in [3.05, 3.63) is 40.6 Å². The summed E-state index contributed by atoms with van der Waals surface area (Å²) in [6, 6.07) is 5.89. The first-order chi connectivity index (χ1) is 8.11. The van der Waals surface area contributed by atoms with Gasteiger partial charge in [-0.1, -0.05) is 12.1 Å². The van der Waals surface area contributed by atoms with Crippen LogP contribution in [-0.4, -0.2) is 22.6 Å². The average molecular weight is 251 g/mol. The van der Waals surface area contributed by atoms with E-state index in [9.17, 15) is 14.0 Å². The van der Waals surface area contributed by atoms with Crippen LogP contribution in [0, 0.1) is 5.82 Å². The Balaban J connectivity index is 2.30. The standard InChI is InChI=1S/C12H10FNO2S/c1-2-14-11(15)10(17-12(14)16)7-8-4-3-5-9(13)6-8/h3-7H,2H2,1H3. The van der Waals surface area contributed by atoms with Crippen LogP contribution in [0.1, 0.15) is 12.5 Å². The number of benzene rings is 1. The van der Waals surface area contributed by atoms with Crippen LogP contribution in [0.15, 0.2) is 29.2 Å². The van der Waals surface area contributed by atoms with Gasteiger partial charge in [-0.3, -0.25) is 14.5 Å². The second-order valence-corrected chi connectivity index (χ2v) is 4.47. The summed E-state index contributed by atoms with van der Waals surface area (Å²) < 4.78 is 13.0. The molecule has 0 unspecified atom stereocenters. The highest BCUT2D eigenvalue weighted by Gasteiger charge is 2.33. The SMILES string of the molecule is CCN1C(=O)SC(=Cc2cccc(F)c2)C1=O. The lowest BCUT2D eigenvalue weighted by Gasteiger charge is -2.06. The number of amides is 2. The fraction of sp³-hybridized carbons (Fsp3) is 0.167. The van der Waals surface area contributed by atoms with E-state index in [1.165, 1.54) is 18.2 Å². The molecule has 1 aromatic rings. The van der Waals surface area contributed by atoms with Gasteiger partial charge in [-0.05, 0) is 42.5 Å². The zero-order chi connectivity index (χ0) is 12.4. The molecule has 5 heteroatoms. The molecular formula is C12H10FNO2S. The number of carbonyl (C=O) groups is 2. The number of likely N-dealkylation sites (N-methyl/N-ethyl adjacent to an activating group) is 1. The Morgan fingerprint density at radius 1 is 1.41 bits per heavy atom. The molecule has 1 aromatic carbocycles. The lowest BCUT2D eigenvalue weighted by atomic mass is 10.2. The van der Waals surface area contributed by atoms with E-state index in [0.717, 1.165) is 16.7 Å². The van der Waals surface area contributed by atoms with Gasteiger partial charge in [0.15, 0.2) is 0 Å². The number of nitrogens with zero attached hydrogens (tertiary/aromatic N) is 1. The molecule has 2 amide bonds. The smallest absolute Gasteiger partial charge is 0.269 e. The number of hydrogen-bond donors (Lipinski definition) is 0. The van der Waals surface area contributed by atoms with Gasteiger partial charge in [0.25, 0.3) is 11.1 Å². The van der Waals surface area contributed by atoms with Crippen LogP contribution < -0.4 is 0 Å². The highest BCUT2D eigenvalue weighted by molar-refractivity contribution is 8.18. The summed E-state index contributed by atoms with van der Waals surface area (Å²) in [4.78, 5) is 24.7. The quantitative estimate of drug-likeness (QED) is 0.758. The number of halogens is 1. The predicted molar refractivity (Wildman–Crippen MR) is 64.8 cm³/mol. The molecule has 17 heavy (non-hydrogen) atoms. The molecule has 0 radical (unpaired) electrons. The highest BCUT2D eigenvalue weighted by Crippen LogP contribution is 2.31. The van der Waals surface area contributed by atoms with Crippen LogP contribution in [0.5, 0.6) is 0 Å². The average Bonchev–Trinajstić information content (AvgIpc) is 2.54. The summed E-state index contributed by atoms with van der Waals surface area (Å²) >= 11 is 0.883. The Morgan fingerprint density at radius 2 is 2.18 bits per heavy atom. The molecule has 1 aliphatic rings. The van der Waals surface area contributed by atoms with E-state index in [2.05, 4.69) is 0 Å². The van der Waals surface area contributed by atoms with Crippen LogP contribution in [0.2, 0.25) is 0 Å². The van der Waals surface area contributed by atoms with Gasteiger partial charge in [0.05, 0.1) is 4.91 Å². The minimum absolute atomic E-state index is 0.278. The van der Waals surface area contributed by atoms with Crippen molar-refractivity contribution >= 4 is 29.0 Å². The van der Waals surface area contributed by atoms with Crippen LogP contribution >= 0.6 is 11.8 Å². The molecule has 0 bridgehead atoms. The zero-order valence-corrected chi connectivity index (χ0v) is 9.96. The largest absolute Gasteiger partial charge is 0.293 e. The summed E-state index contributed by atoms with van der Waals surface area (Å²) in [5, 5.41) is -0.278. The number of carbonyl (C=O) groups excluding carboxylic acids is 2. The Bertz CT molecular complexity index is 513. The van der Waals surface area contributed by atoms with Gasteiger partial charge in [0, 0.05) is 6.54 Å². The molecule has 0 saturated carbocycles. The summed E-state index contributed by atoms with van der Waals surface area (Å²) in [6.45, 7) is 2.09. The van der Waals surface area contributed by atoms with Gasteiger partial charge < -0.3 is 0 Å². The maximum Gasteiger partial charge on any atom is 0.293 e. The summed E-state index contributed by atoms with van der Waals surface area (Å²) in [5.74, 6) is -0.680. The van der Waals surface area contributed by atoms with Gasteiger partial charge in [0.2, 0.25) is 0 Å². The maximum atomic E-state index is 13.0. The summed E-state index contributed by atoms with van der Waals surface area (Å²) in [7, 11) is 0. The third-order valence-corrected chi connectivity index (χ3v) is 3.24. The number of imide groups is 1. The Hall–Kier alpha value is -1.62. The van der Waals surface area contributed by atoms with Gasteiger partial charge in [-0.25, -0.2) is 4.39 Å². The van der Waals surface area contributed by atoms with Crippen molar-refractivity contribution in [2.75, 3.05) is 6.54 Å². The molecule has 1 fully saturated rings. The molecule has 0 aliphatic carbocycles. The number of hydrogen-bond acceptors (Lipinski definition) is 3. The van der Waals surface area contributed by atoms with E-state index in [4.69, 9.17) is 0 Å². The predicted octanol–water partition coefficient (Wildman–Crippen LogP) is 2.88. The minimum atomic E-state index is -0.367. The second kappa shape index (κ2) is 4.71. The van der Waals surface area contributed by atoms with E-state index < -0.39 is 0 Å². The Labute approximate surface area is 102 Å². The molecule has 3 nitrogen and oxygen atoms in total. The van der Waals surface area contributed by atoms with Crippen LogP contribution in [0.4, 0.5) is 9.18 Å². The van der Waals surface area contributed by atoms with Crippen LogP contribution in [0.3, 0.4) is 0 Å². The number of thioether (sulfide) groups is 1. The van der Waals surface area contributed by atoms with Gasteiger partial charge in [0.1, 0.15) is 5.82 Å². The first-order valence-corrected chi connectivity index (χ1v) is 5.94. The van der Waals surface area contributed by atoms with Crippen molar-refractivity contribution in [3.63, 3.8) is 0 Å². The summed E-state index contributed by atoms with van der Waals surface area (Å²) in [5.41, 5.74) is 0.576. The van der Waals surface area contributed by atoms with E-state index in [1.54, 1.807) is 19.1 Å². The molecule has 2 rings (SSSR count). The first-order valence-electron chi connectivity index (χ1n) is 5.12. The van der Waals surface area contributed by atoms with E-state index in [0.29, 0.717) is 17.0 Å². The first kappa shape index (κ1) is 11.9. The van der Waals surface area contributed by atoms with Crippen molar-refractivity contribution in [2.24, 2.45) is 0 Å². The topological polar surface area (TPSA) is 37.4 Å². The van der Waals surface area contributed by atoms with Crippen molar-refractivity contribution < 1.29 is 14.0 Å². The second-order valence-electron chi connectivity index (χ2n) is 3.48. The Kier molecular flexibility index (Phi) is 3.28. The fourth-order valence-electron chi connectivity index (χ4n) is 1.52. The Morgan fingerprint density at radius 3 is 2.76 bits per heavy atom. The highest BCUT2D eigenvalue weighted by atomic mass is 32.2. The number of rotatable bonds is 2. The lowest BCUT2D eigenvalue weighted by Crippen LogP contribution is -2.27. The monoisotopic (exact) mass is 251 g/mol. The molecule has 88 valence electrons. The van der Waals surface area contributed by atoms with Crippen molar-refractivity contribution in [1.82, 2.24) is 4.90 Å². The van der Waals surface area contributed by atoms with Crippen molar-refractivity contribution in [1.29, 1.82) is 0 Å². The molecule has 0 spiro atoms. The zero-order valence-electron chi connectivity index (χ0n) is 9.14. The molecular weight excluding hydrogens is 241 g/mol. The van der Waals surface area contributed by atoms with E-state index in [-0.39, 0.29) is 17.0 Å². The van der Waals surface area contributed by atoms with E-state index in [1.807, 2.05) is 0 Å². The van der Waals surface area contributed by atoms with E-state index >= 15 is 0 Å². The minimum Gasteiger partial charge on any atom is -0.269 e. The normalized spacial score (nSPS) is 18.2. The molecule has 0 N–H and O–H groups in total. The molecule has 0 atom stereocenters. The van der Waals surface area contributed by atoms with Crippen molar-refractivity contribution in [2.45, 2.75) is 6.92 Å². The lowest BCUT2D eigenvalue weighted by molar-refractivity contribution is -0.122. The van der Waals surface area contributed by atoms with Crippen LogP contribution in [0.25, 0.3) is 6.08 Å². The summed E-state index contributed by atoms with van der Waals surface area (Å²) in [6.07, 6.45) is 1.53. The third kappa shape index (κ3) is 2.39. The maximum absolute atomic E-state index is 13.0. The van der Waals surface area contributed by atoms with Crippen LogP contribution in [-0.2, 0) is 4.79 Å². The third-order valence-electron chi connectivity index (χ3n) is 2.34. The molecule has 1 aliphatic heterocycles. The molecule has 1 heterocycles. The molecule has 0 aromatic heterocycles. The fourth-order valence-corrected chi connectivity index (χ4v) is 2.42. The molecule has 1 saturated heterocycles. The van der Waals surface area contributed by atoms with Gasteiger partial charge in [-0.15, -0.1) is 0 Å².